The summed E-state index contributed by atoms with van der Waals surface area (Å²) in [4.78, 5) is 12.5. The first-order valence-corrected chi connectivity index (χ1v) is 8.67. The van der Waals surface area contributed by atoms with Gasteiger partial charge in [0.15, 0.2) is 0 Å². The minimum atomic E-state index is 0.0172. The number of hydrogen-bond donors (Lipinski definition) is 2. The van der Waals surface area contributed by atoms with Crippen molar-refractivity contribution in [1.82, 2.24) is 9.88 Å². The van der Waals surface area contributed by atoms with E-state index in [1.165, 1.54) is 25.7 Å². The van der Waals surface area contributed by atoms with Crippen LogP contribution in [0.25, 0.3) is 0 Å². The fourth-order valence-corrected chi connectivity index (χ4v) is 3.57. The van der Waals surface area contributed by atoms with Crippen LogP contribution < -0.4 is 5.32 Å². The van der Waals surface area contributed by atoms with Gasteiger partial charge in [-0.1, -0.05) is 26.7 Å². The summed E-state index contributed by atoms with van der Waals surface area (Å²) in [6, 6.07) is 4.36. The fraction of sp³-hybridized carbons (Fsp3) is 0.722. The van der Waals surface area contributed by atoms with Crippen LogP contribution in [0.5, 0.6) is 0 Å². The van der Waals surface area contributed by atoms with Crippen LogP contribution in [0.4, 0.5) is 0 Å². The Morgan fingerprint density at radius 1 is 1.41 bits per heavy atom. The molecule has 1 aromatic heterocycles. The minimum Gasteiger partial charge on any atom is -0.396 e. The predicted molar refractivity (Wildman–Crippen MR) is 88.9 cm³/mol. The second-order valence-electron chi connectivity index (χ2n) is 6.96. The van der Waals surface area contributed by atoms with Crippen LogP contribution in [-0.4, -0.2) is 28.7 Å². The molecule has 1 unspecified atom stereocenters. The van der Waals surface area contributed by atoms with Gasteiger partial charge >= 0.3 is 0 Å². The van der Waals surface area contributed by atoms with Gasteiger partial charge in [-0.15, -0.1) is 0 Å². The Morgan fingerprint density at radius 3 is 2.77 bits per heavy atom. The lowest BCUT2D eigenvalue weighted by molar-refractivity contribution is 0.0930. The van der Waals surface area contributed by atoms with E-state index in [-0.39, 0.29) is 12.5 Å². The van der Waals surface area contributed by atoms with E-state index in [0.717, 1.165) is 18.5 Å². The Bertz CT molecular complexity index is 461. The quantitative estimate of drug-likeness (QED) is 0.773. The lowest BCUT2D eigenvalue weighted by Crippen LogP contribution is -2.32. The highest BCUT2D eigenvalue weighted by Crippen LogP contribution is 2.30. The van der Waals surface area contributed by atoms with Crippen LogP contribution in [0.1, 0.15) is 68.9 Å². The summed E-state index contributed by atoms with van der Waals surface area (Å²) in [7, 11) is 0. The van der Waals surface area contributed by atoms with Crippen molar-refractivity contribution in [3.05, 3.63) is 24.0 Å². The number of carbonyl (C=O) groups is 1. The highest BCUT2D eigenvalue weighted by atomic mass is 16.3. The Morgan fingerprint density at radius 2 is 2.14 bits per heavy atom. The van der Waals surface area contributed by atoms with Crippen molar-refractivity contribution in [3.63, 3.8) is 0 Å². The summed E-state index contributed by atoms with van der Waals surface area (Å²) in [6.45, 7) is 5.19. The smallest absolute Gasteiger partial charge is 0.267 e. The SMILES string of the molecule is CC(C)CC(CCO)CNC(=O)c1cccn1C1CCCC1. The molecule has 1 saturated carbocycles. The maximum atomic E-state index is 12.5. The highest BCUT2D eigenvalue weighted by Gasteiger charge is 2.21. The van der Waals surface area contributed by atoms with Gasteiger partial charge in [0.25, 0.3) is 5.91 Å². The molecule has 4 heteroatoms. The third-order valence-corrected chi connectivity index (χ3v) is 4.62. The summed E-state index contributed by atoms with van der Waals surface area (Å²) in [6.07, 6.45) is 8.69. The molecule has 2 N–H and O–H groups in total. The molecule has 1 aromatic rings. The Balaban J connectivity index is 1.92. The molecule has 0 saturated heterocycles. The van der Waals surface area contributed by atoms with Gasteiger partial charge in [0.2, 0.25) is 0 Å². The molecule has 0 bridgehead atoms. The van der Waals surface area contributed by atoms with E-state index in [4.69, 9.17) is 5.11 Å². The van der Waals surface area contributed by atoms with Gasteiger partial charge in [0.05, 0.1) is 0 Å². The molecule has 0 radical (unpaired) electrons. The zero-order valence-electron chi connectivity index (χ0n) is 13.9. The molecule has 1 heterocycles. The van der Waals surface area contributed by atoms with Gasteiger partial charge in [-0.25, -0.2) is 0 Å². The van der Waals surface area contributed by atoms with Gasteiger partial charge in [-0.2, -0.15) is 0 Å². The van der Waals surface area contributed by atoms with E-state index >= 15 is 0 Å². The van der Waals surface area contributed by atoms with Gasteiger partial charge in [0.1, 0.15) is 5.69 Å². The Labute approximate surface area is 133 Å². The number of nitrogens with zero attached hydrogens (tertiary/aromatic N) is 1. The molecular weight excluding hydrogens is 276 g/mol. The van der Waals surface area contributed by atoms with Crippen LogP contribution in [-0.2, 0) is 0 Å². The van der Waals surface area contributed by atoms with Crippen LogP contribution in [0.3, 0.4) is 0 Å². The Hall–Kier alpha value is -1.29. The van der Waals surface area contributed by atoms with Crippen LogP contribution in [0.15, 0.2) is 18.3 Å². The molecule has 124 valence electrons. The summed E-state index contributed by atoms with van der Waals surface area (Å²) < 4.78 is 2.14. The number of carbonyl (C=O) groups excluding carboxylic acids is 1. The molecule has 2 rings (SSSR count). The topological polar surface area (TPSA) is 54.3 Å². The number of nitrogens with one attached hydrogen (secondary N) is 1. The molecular formula is C18H30N2O2. The number of aromatic nitrogens is 1. The van der Waals surface area contributed by atoms with Gasteiger partial charge in [-0.05, 0) is 49.7 Å². The number of rotatable bonds is 8. The maximum absolute atomic E-state index is 12.5. The third-order valence-electron chi connectivity index (χ3n) is 4.62. The van der Waals surface area contributed by atoms with Crippen molar-refractivity contribution in [3.8, 4) is 0 Å². The minimum absolute atomic E-state index is 0.0172. The van der Waals surface area contributed by atoms with E-state index < -0.39 is 0 Å². The summed E-state index contributed by atoms with van der Waals surface area (Å²) in [5.74, 6) is 0.947. The number of aliphatic hydroxyl groups excluding tert-OH is 1. The molecule has 1 aliphatic carbocycles. The molecule has 0 aromatic carbocycles. The average Bonchev–Trinajstić information content (AvgIpc) is 3.13. The zero-order chi connectivity index (χ0) is 15.9. The third kappa shape index (κ3) is 4.60. The molecule has 1 fully saturated rings. The first-order chi connectivity index (χ1) is 10.6. The molecule has 0 spiro atoms. The van der Waals surface area contributed by atoms with Crippen molar-refractivity contribution >= 4 is 5.91 Å². The van der Waals surface area contributed by atoms with Gasteiger partial charge in [0, 0.05) is 25.4 Å². The van der Waals surface area contributed by atoms with Crippen molar-refractivity contribution in [1.29, 1.82) is 0 Å². The summed E-state index contributed by atoms with van der Waals surface area (Å²) in [5.41, 5.74) is 0.777. The van der Waals surface area contributed by atoms with Crippen LogP contribution in [0.2, 0.25) is 0 Å². The maximum Gasteiger partial charge on any atom is 0.267 e. The van der Waals surface area contributed by atoms with E-state index in [1.807, 2.05) is 18.3 Å². The lowest BCUT2D eigenvalue weighted by atomic mass is 9.94. The van der Waals surface area contributed by atoms with Crippen LogP contribution in [0, 0.1) is 11.8 Å². The zero-order valence-corrected chi connectivity index (χ0v) is 13.9. The molecule has 1 atom stereocenters. The standard InChI is InChI=1S/C18H30N2O2/c1-14(2)12-15(9-11-21)13-19-18(22)17-8-5-10-20(17)16-6-3-4-7-16/h5,8,10,14-16,21H,3-4,6-7,9,11-13H2,1-2H3,(H,19,22). The first-order valence-electron chi connectivity index (χ1n) is 8.67. The number of amides is 1. The second kappa shape index (κ2) is 8.37. The number of hydrogen-bond acceptors (Lipinski definition) is 2. The van der Waals surface area contributed by atoms with E-state index in [9.17, 15) is 4.79 Å². The molecule has 1 aliphatic rings. The molecule has 22 heavy (non-hydrogen) atoms. The largest absolute Gasteiger partial charge is 0.396 e. The predicted octanol–water partition coefficient (Wildman–Crippen LogP) is 3.38. The molecule has 4 nitrogen and oxygen atoms in total. The van der Waals surface area contributed by atoms with Gasteiger partial charge in [-0.3, -0.25) is 4.79 Å². The first kappa shape index (κ1) is 17.1. The molecule has 0 aliphatic heterocycles. The highest BCUT2D eigenvalue weighted by molar-refractivity contribution is 5.92. The number of aliphatic hydroxyl groups is 1. The van der Waals surface area contributed by atoms with E-state index in [1.54, 1.807) is 0 Å². The van der Waals surface area contributed by atoms with Crippen molar-refractivity contribution in [2.24, 2.45) is 11.8 Å². The average molecular weight is 306 g/mol. The van der Waals surface area contributed by atoms with Crippen molar-refractivity contribution in [2.45, 2.75) is 58.4 Å². The van der Waals surface area contributed by atoms with E-state index in [2.05, 4.69) is 23.7 Å². The monoisotopic (exact) mass is 306 g/mol. The summed E-state index contributed by atoms with van der Waals surface area (Å²) >= 11 is 0. The Kier molecular flexibility index (Phi) is 6.49. The summed E-state index contributed by atoms with van der Waals surface area (Å²) in [5, 5.41) is 12.2. The molecule has 1 amide bonds. The van der Waals surface area contributed by atoms with Crippen LogP contribution >= 0.6 is 0 Å². The normalized spacial score (nSPS) is 17.1. The van der Waals surface area contributed by atoms with E-state index in [0.29, 0.717) is 24.4 Å². The fourth-order valence-electron chi connectivity index (χ4n) is 3.57. The lowest BCUT2D eigenvalue weighted by Gasteiger charge is -2.20. The van der Waals surface area contributed by atoms with Crippen molar-refractivity contribution in [2.75, 3.05) is 13.2 Å². The second-order valence-corrected chi connectivity index (χ2v) is 6.96. The van der Waals surface area contributed by atoms with Gasteiger partial charge < -0.3 is 15.0 Å². The van der Waals surface area contributed by atoms with Crippen molar-refractivity contribution < 1.29 is 9.90 Å².